The van der Waals surface area contributed by atoms with Crippen LogP contribution >= 0.6 is 0 Å². The maximum Gasteiger partial charge on any atom is 0.335 e. The summed E-state index contributed by atoms with van der Waals surface area (Å²) in [6.45, 7) is 4.25. The van der Waals surface area contributed by atoms with Gasteiger partial charge in [-0.25, -0.2) is 4.79 Å². The van der Waals surface area contributed by atoms with Crippen molar-refractivity contribution >= 4 is 11.8 Å². The zero-order valence-electron chi connectivity index (χ0n) is 8.56. The number of ketones is 1. The zero-order chi connectivity index (χ0) is 11.3. The van der Waals surface area contributed by atoms with Gasteiger partial charge in [-0.05, 0) is 20.3 Å². The Balaban J connectivity index is 4.14. The van der Waals surface area contributed by atoms with Gasteiger partial charge in [0.25, 0.3) is 0 Å². The van der Waals surface area contributed by atoms with E-state index in [1.807, 2.05) is 0 Å². The van der Waals surface area contributed by atoms with Crippen molar-refractivity contribution in [3.63, 3.8) is 0 Å². The molecule has 0 bridgehead atoms. The molecule has 3 unspecified atom stereocenters. The Morgan fingerprint density at radius 1 is 1.29 bits per heavy atom. The van der Waals surface area contributed by atoms with Crippen LogP contribution < -0.4 is 0 Å². The van der Waals surface area contributed by atoms with E-state index in [4.69, 9.17) is 10.2 Å². The number of ether oxygens (including phenoxy) is 1. The molecule has 5 nitrogen and oxygen atoms in total. The first-order valence-corrected chi connectivity index (χ1v) is 4.50. The summed E-state index contributed by atoms with van der Waals surface area (Å²) in [4.78, 5) is 22.1. The number of rotatable bonds is 5. The molecule has 0 aliphatic carbocycles. The highest BCUT2D eigenvalue weighted by molar-refractivity contribution is 5.89. The third-order valence-electron chi connectivity index (χ3n) is 1.75. The summed E-state index contributed by atoms with van der Waals surface area (Å²) in [6.07, 6.45) is -3.13. The van der Waals surface area contributed by atoms with E-state index in [9.17, 15) is 9.59 Å². The standard InChI is InChI=1S/C9H16O5/c1-4-7(11)8(12)6(3)14-9(13)5(2)10/h5-7,10-11H,4H2,1-3H3. The van der Waals surface area contributed by atoms with Crippen LogP contribution in [0.4, 0.5) is 0 Å². The summed E-state index contributed by atoms with van der Waals surface area (Å²) < 4.78 is 4.60. The van der Waals surface area contributed by atoms with E-state index in [-0.39, 0.29) is 6.42 Å². The molecule has 0 spiro atoms. The van der Waals surface area contributed by atoms with Crippen LogP contribution in [0, 0.1) is 0 Å². The third-order valence-corrected chi connectivity index (χ3v) is 1.75. The van der Waals surface area contributed by atoms with Crippen LogP contribution in [-0.4, -0.2) is 40.3 Å². The molecule has 0 saturated carbocycles. The molecule has 0 radical (unpaired) electrons. The molecular weight excluding hydrogens is 188 g/mol. The maximum atomic E-state index is 11.2. The number of hydrogen-bond acceptors (Lipinski definition) is 5. The van der Waals surface area contributed by atoms with Crippen molar-refractivity contribution in [2.24, 2.45) is 0 Å². The molecule has 0 amide bonds. The summed E-state index contributed by atoms with van der Waals surface area (Å²) in [5, 5.41) is 17.9. The van der Waals surface area contributed by atoms with Crippen molar-refractivity contribution in [2.75, 3.05) is 0 Å². The summed E-state index contributed by atoms with van der Waals surface area (Å²) in [5.41, 5.74) is 0. The lowest BCUT2D eigenvalue weighted by molar-refractivity contribution is -0.163. The molecule has 3 atom stereocenters. The number of aliphatic hydroxyl groups excluding tert-OH is 2. The quantitative estimate of drug-likeness (QED) is 0.597. The number of hydrogen-bond donors (Lipinski definition) is 2. The Kier molecular flexibility index (Phi) is 5.34. The molecule has 14 heavy (non-hydrogen) atoms. The SMILES string of the molecule is CCC(O)C(=O)C(C)OC(=O)C(C)O. The van der Waals surface area contributed by atoms with Crippen LogP contribution in [-0.2, 0) is 14.3 Å². The second-order valence-electron chi connectivity index (χ2n) is 3.08. The predicted octanol–water partition coefficient (Wildman–Crippen LogP) is -0.361. The highest BCUT2D eigenvalue weighted by atomic mass is 16.6. The van der Waals surface area contributed by atoms with Crippen molar-refractivity contribution in [3.8, 4) is 0 Å². The first kappa shape index (κ1) is 13.1. The summed E-state index contributed by atoms with van der Waals surface area (Å²) in [7, 11) is 0. The maximum absolute atomic E-state index is 11.2. The first-order chi connectivity index (χ1) is 6.40. The van der Waals surface area contributed by atoms with Gasteiger partial charge in [0.1, 0.15) is 12.2 Å². The van der Waals surface area contributed by atoms with E-state index in [0.717, 1.165) is 0 Å². The molecule has 0 rings (SSSR count). The minimum absolute atomic E-state index is 0.273. The molecule has 0 aromatic rings. The second kappa shape index (κ2) is 5.72. The first-order valence-electron chi connectivity index (χ1n) is 4.50. The van der Waals surface area contributed by atoms with E-state index in [0.29, 0.717) is 0 Å². The molecule has 0 aromatic carbocycles. The van der Waals surface area contributed by atoms with Gasteiger partial charge in [0.05, 0.1) is 0 Å². The van der Waals surface area contributed by atoms with Crippen molar-refractivity contribution in [1.29, 1.82) is 0 Å². The van der Waals surface area contributed by atoms with Crippen molar-refractivity contribution < 1.29 is 24.5 Å². The number of esters is 1. The van der Waals surface area contributed by atoms with Gasteiger partial charge in [0.2, 0.25) is 5.78 Å². The fraction of sp³-hybridized carbons (Fsp3) is 0.778. The lowest BCUT2D eigenvalue weighted by atomic mass is 10.1. The average Bonchev–Trinajstić information content (AvgIpc) is 2.14. The zero-order valence-corrected chi connectivity index (χ0v) is 8.56. The minimum Gasteiger partial charge on any atom is -0.453 e. The molecule has 0 heterocycles. The van der Waals surface area contributed by atoms with E-state index in [1.165, 1.54) is 13.8 Å². The summed E-state index contributed by atoms with van der Waals surface area (Å²) in [5.74, 6) is -1.42. The van der Waals surface area contributed by atoms with Gasteiger partial charge in [-0.3, -0.25) is 4.79 Å². The van der Waals surface area contributed by atoms with Gasteiger partial charge in [-0.1, -0.05) is 6.92 Å². The average molecular weight is 204 g/mol. The lowest BCUT2D eigenvalue weighted by Crippen LogP contribution is -2.35. The van der Waals surface area contributed by atoms with Gasteiger partial charge in [0.15, 0.2) is 6.10 Å². The topological polar surface area (TPSA) is 83.8 Å². The van der Waals surface area contributed by atoms with Crippen molar-refractivity contribution in [2.45, 2.75) is 45.5 Å². The van der Waals surface area contributed by atoms with E-state index >= 15 is 0 Å². The second-order valence-corrected chi connectivity index (χ2v) is 3.08. The predicted molar refractivity (Wildman–Crippen MR) is 48.5 cm³/mol. The van der Waals surface area contributed by atoms with E-state index < -0.39 is 30.1 Å². The van der Waals surface area contributed by atoms with Crippen LogP contribution in [0.2, 0.25) is 0 Å². The van der Waals surface area contributed by atoms with Crippen LogP contribution in [0.15, 0.2) is 0 Å². The van der Waals surface area contributed by atoms with Crippen LogP contribution in [0.25, 0.3) is 0 Å². The van der Waals surface area contributed by atoms with Gasteiger partial charge in [-0.2, -0.15) is 0 Å². The molecule has 2 N–H and O–H groups in total. The molecule has 0 aliphatic heterocycles. The number of aliphatic hydroxyl groups is 2. The molecule has 0 saturated heterocycles. The minimum atomic E-state index is -1.26. The normalized spacial score (nSPS) is 16.9. The fourth-order valence-corrected chi connectivity index (χ4v) is 0.803. The van der Waals surface area contributed by atoms with E-state index in [2.05, 4.69) is 4.74 Å². The Labute approximate surface area is 82.7 Å². The van der Waals surface area contributed by atoms with Crippen LogP contribution in [0.3, 0.4) is 0 Å². The number of carbonyl (C=O) groups is 2. The fourth-order valence-electron chi connectivity index (χ4n) is 0.803. The third kappa shape index (κ3) is 3.85. The Bertz CT molecular complexity index is 211. The van der Waals surface area contributed by atoms with Gasteiger partial charge in [-0.15, -0.1) is 0 Å². The molecule has 0 aliphatic rings. The highest BCUT2D eigenvalue weighted by Gasteiger charge is 2.24. The lowest BCUT2D eigenvalue weighted by Gasteiger charge is -2.15. The largest absolute Gasteiger partial charge is 0.453 e. The highest BCUT2D eigenvalue weighted by Crippen LogP contribution is 2.02. The van der Waals surface area contributed by atoms with Gasteiger partial charge in [0, 0.05) is 0 Å². The van der Waals surface area contributed by atoms with Crippen molar-refractivity contribution in [3.05, 3.63) is 0 Å². The Morgan fingerprint density at radius 3 is 2.14 bits per heavy atom. The van der Waals surface area contributed by atoms with Gasteiger partial charge < -0.3 is 14.9 Å². The molecule has 0 aromatic heterocycles. The number of Topliss-reactive ketones (excluding diaryl/α,β-unsaturated/α-hetero) is 1. The summed E-state index contributed by atoms with van der Waals surface area (Å²) in [6, 6.07) is 0. The Morgan fingerprint density at radius 2 is 1.79 bits per heavy atom. The molecule has 0 fully saturated rings. The van der Waals surface area contributed by atoms with Crippen LogP contribution in [0.1, 0.15) is 27.2 Å². The number of carbonyl (C=O) groups excluding carboxylic acids is 2. The molecule has 5 heteroatoms. The van der Waals surface area contributed by atoms with Crippen LogP contribution in [0.5, 0.6) is 0 Å². The summed E-state index contributed by atoms with van der Waals surface area (Å²) >= 11 is 0. The van der Waals surface area contributed by atoms with E-state index in [1.54, 1.807) is 6.92 Å². The Hall–Kier alpha value is -0.940. The smallest absolute Gasteiger partial charge is 0.335 e. The van der Waals surface area contributed by atoms with Gasteiger partial charge >= 0.3 is 5.97 Å². The van der Waals surface area contributed by atoms with Crippen molar-refractivity contribution in [1.82, 2.24) is 0 Å². The molecule has 82 valence electrons. The monoisotopic (exact) mass is 204 g/mol. The molecular formula is C9H16O5.